The Kier molecular flexibility index (Phi) is 11.2. The van der Waals surface area contributed by atoms with Crippen LogP contribution in [0, 0.1) is 23.2 Å². The van der Waals surface area contributed by atoms with Crippen LogP contribution in [0.1, 0.15) is 65.2 Å². The van der Waals surface area contributed by atoms with Gasteiger partial charge in [0.05, 0.1) is 31.9 Å². The maximum Gasteiger partial charge on any atom is 0.409 e. The van der Waals surface area contributed by atoms with Gasteiger partial charge in [-0.3, -0.25) is 20.3 Å². The lowest BCUT2D eigenvalue weighted by atomic mass is 9.84. The first kappa shape index (κ1) is 28.6. The minimum absolute atomic E-state index is 0.165. The lowest BCUT2D eigenvalue weighted by Crippen LogP contribution is -2.65. The van der Waals surface area contributed by atoms with Crippen molar-refractivity contribution in [3.05, 3.63) is 0 Å². The van der Waals surface area contributed by atoms with Gasteiger partial charge in [-0.05, 0) is 38.1 Å². The van der Waals surface area contributed by atoms with Crippen molar-refractivity contribution in [3.8, 4) is 6.07 Å². The molecule has 10 heteroatoms. The summed E-state index contributed by atoms with van der Waals surface area (Å²) in [5.41, 5.74) is -0.853. The first-order valence-electron chi connectivity index (χ1n) is 13.7. The minimum atomic E-state index is -0.853. The molecular weight excluding hydrogens is 460 g/mol. The van der Waals surface area contributed by atoms with E-state index in [-0.39, 0.29) is 11.8 Å². The zero-order chi connectivity index (χ0) is 26.0. The molecule has 10 nitrogen and oxygen atoms in total. The summed E-state index contributed by atoms with van der Waals surface area (Å²) in [4.78, 5) is 30.6. The average molecular weight is 507 g/mol. The number of hydrogen-bond acceptors (Lipinski definition) is 8. The predicted molar refractivity (Wildman–Crippen MR) is 137 cm³/mol. The van der Waals surface area contributed by atoms with E-state index in [4.69, 9.17) is 9.47 Å². The maximum atomic E-state index is 13.7. The highest BCUT2D eigenvalue weighted by molar-refractivity contribution is 5.83. The fourth-order valence-corrected chi connectivity index (χ4v) is 5.26. The van der Waals surface area contributed by atoms with E-state index in [1.807, 2.05) is 20.9 Å². The molecule has 0 spiro atoms. The van der Waals surface area contributed by atoms with E-state index in [0.717, 1.165) is 25.9 Å². The number of nitrogens with zero attached hydrogens (tertiary/aromatic N) is 3. The molecule has 2 heterocycles. The number of nitriles is 1. The number of carbonyl (C=O) groups excluding carboxylic acids is 2. The van der Waals surface area contributed by atoms with Crippen molar-refractivity contribution in [2.24, 2.45) is 11.8 Å². The Balaban J connectivity index is 1.75. The van der Waals surface area contributed by atoms with Crippen molar-refractivity contribution in [2.45, 2.75) is 83.1 Å². The first-order chi connectivity index (χ1) is 17.3. The zero-order valence-electron chi connectivity index (χ0n) is 22.4. The molecule has 0 aromatic heterocycles. The average Bonchev–Trinajstić information content (AvgIpc) is 2.89. The van der Waals surface area contributed by atoms with E-state index in [0.29, 0.717) is 58.1 Å². The molecule has 2 aliphatic heterocycles. The Morgan fingerprint density at radius 2 is 1.78 bits per heavy atom. The van der Waals surface area contributed by atoms with Crippen LogP contribution in [0.5, 0.6) is 0 Å². The van der Waals surface area contributed by atoms with Gasteiger partial charge in [0.15, 0.2) is 0 Å². The first-order valence-corrected chi connectivity index (χ1v) is 13.7. The van der Waals surface area contributed by atoms with E-state index in [1.54, 1.807) is 0 Å². The van der Waals surface area contributed by atoms with Crippen LogP contribution in [-0.2, 0) is 14.3 Å². The Bertz CT molecular complexity index is 737. The number of rotatable bonds is 10. The number of ether oxygens (including phenoxy) is 2. The van der Waals surface area contributed by atoms with E-state index in [2.05, 4.69) is 31.8 Å². The van der Waals surface area contributed by atoms with Gasteiger partial charge in [-0.25, -0.2) is 4.79 Å². The number of hydrogen-bond donors (Lipinski definition) is 3. The molecule has 0 radical (unpaired) electrons. The van der Waals surface area contributed by atoms with Crippen molar-refractivity contribution >= 4 is 12.0 Å². The molecule has 2 amide bonds. The van der Waals surface area contributed by atoms with Crippen molar-refractivity contribution in [1.29, 1.82) is 5.26 Å². The monoisotopic (exact) mass is 506 g/mol. The van der Waals surface area contributed by atoms with Crippen molar-refractivity contribution < 1.29 is 19.1 Å². The topological polar surface area (TPSA) is 119 Å². The van der Waals surface area contributed by atoms with Crippen LogP contribution in [0.3, 0.4) is 0 Å². The number of likely N-dealkylation sites (tertiary alicyclic amines) is 1. The van der Waals surface area contributed by atoms with Gasteiger partial charge in [-0.2, -0.15) is 5.26 Å². The summed E-state index contributed by atoms with van der Waals surface area (Å²) in [6.45, 7) is 8.24. The lowest BCUT2D eigenvalue weighted by Gasteiger charge is -2.40. The van der Waals surface area contributed by atoms with Crippen molar-refractivity contribution in [2.75, 3.05) is 53.0 Å². The Hall–Kier alpha value is -1.93. The molecule has 0 aromatic rings. The van der Waals surface area contributed by atoms with Crippen LogP contribution in [0.25, 0.3) is 0 Å². The standard InChI is InChI=1S/C26H46N6O4/c1-20(2)18-36-25(34)29-24(32-13-15-35-16-14-32)28-22(17-21-7-5-4-6-8-21)23(33)30-26(19-27)9-11-31(3)12-10-26/h20-22,24,28H,4-18H2,1-3H3,(H,29,34)(H,30,33). The van der Waals surface area contributed by atoms with Crippen LogP contribution < -0.4 is 16.0 Å². The Labute approximate surface area is 216 Å². The molecule has 0 bridgehead atoms. The second-order valence-electron chi connectivity index (χ2n) is 11.1. The van der Waals surface area contributed by atoms with Gasteiger partial charge < -0.3 is 19.7 Å². The second kappa shape index (κ2) is 14.1. The summed E-state index contributed by atoms with van der Waals surface area (Å²) >= 11 is 0. The fraction of sp³-hybridized carbons (Fsp3) is 0.885. The van der Waals surface area contributed by atoms with Gasteiger partial charge in [0.2, 0.25) is 5.91 Å². The van der Waals surface area contributed by atoms with Crippen molar-refractivity contribution in [1.82, 2.24) is 25.8 Å². The van der Waals surface area contributed by atoms with Crippen LogP contribution in [0.4, 0.5) is 4.79 Å². The molecule has 2 unspecified atom stereocenters. The van der Waals surface area contributed by atoms with Crippen LogP contribution in [0.15, 0.2) is 0 Å². The third kappa shape index (κ3) is 8.87. The largest absolute Gasteiger partial charge is 0.449 e. The normalized spacial score (nSPS) is 23.4. The molecule has 36 heavy (non-hydrogen) atoms. The SMILES string of the molecule is CC(C)COC(=O)NC(NC(CC1CCCCC1)C(=O)NC1(C#N)CCN(C)CC1)N1CCOCC1. The molecule has 204 valence electrons. The molecular formula is C26H46N6O4. The third-order valence-corrected chi connectivity index (χ3v) is 7.60. The minimum Gasteiger partial charge on any atom is -0.449 e. The predicted octanol–water partition coefficient (Wildman–Crippen LogP) is 2.02. The smallest absolute Gasteiger partial charge is 0.409 e. The van der Waals surface area contributed by atoms with Crippen LogP contribution >= 0.6 is 0 Å². The number of morpholine rings is 1. The maximum absolute atomic E-state index is 13.7. The number of alkyl carbamates (subject to hydrolysis) is 1. The molecule has 1 saturated carbocycles. The molecule has 3 aliphatic rings. The number of amides is 2. The molecule has 0 aromatic carbocycles. The summed E-state index contributed by atoms with van der Waals surface area (Å²) in [7, 11) is 2.04. The summed E-state index contributed by atoms with van der Waals surface area (Å²) in [6, 6.07) is 1.87. The highest BCUT2D eigenvalue weighted by atomic mass is 16.5. The number of carbonyl (C=O) groups is 2. The van der Waals surface area contributed by atoms with E-state index < -0.39 is 24.0 Å². The van der Waals surface area contributed by atoms with Crippen molar-refractivity contribution in [3.63, 3.8) is 0 Å². The highest BCUT2D eigenvalue weighted by Crippen LogP contribution is 2.28. The molecule has 2 atom stereocenters. The van der Waals surface area contributed by atoms with E-state index >= 15 is 0 Å². The highest BCUT2D eigenvalue weighted by Gasteiger charge is 2.38. The second-order valence-corrected chi connectivity index (χ2v) is 11.1. The molecule has 3 fully saturated rings. The third-order valence-electron chi connectivity index (χ3n) is 7.60. The van der Waals surface area contributed by atoms with Crippen LogP contribution in [-0.4, -0.2) is 92.7 Å². The van der Waals surface area contributed by atoms with Crippen LogP contribution in [0.2, 0.25) is 0 Å². The molecule has 2 saturated heterocycles. The van der Waals surface area contributed by atoms with Gasteiger partial charge in [-0.1, -0.05) is 46.0 Å². The Morgan fingerprint density at radius 1 is 1.11 bits per heavy atom. The summed E-state index contributed by atoms with van der Waals surface area (Å²) in [5.74, 6) is 0.505. The fourth-order valence-electron chi connectivity index (χ4n) is 5.26. The van der Waals surface area contributed by atoms with Gasteiger partial charge in [0.25, 0.3) is 0 Å². The van der Waals surface area contributed by atoms with E-state index in [1.165, 1.54) is 19.3 Å². The number of piperidine rings is 1. The van der Waals surface area contributed by atoms with Gasteiger partial charge >= 0.3 is 6.09 Å². The van der Waals surface area contributed by atoms with Gasteiger partial charge in [-0.15, -0.1) is 0 Å². The molecule has 3 N–H and O–H groups in total. The Morgan fingerprint density at radius 3 is 2.39 bits per heavy atom. The van der Waals surface area contributed by atoms with Gasteiger partial charge in [0, 0.05) is 26.2 Å². The summed E-state index contributed by atoms with van der Waals surface area (Å²) in [5, 5.41) is 19.5. The number of nitrogens with one attached hydrogen (secondary N) is 3. The summed E-state index contributed by atoms with van der Waals surface area (Å²) in [6.07, 6.45) is 6.63. The van der Waals surface area contributed by atoms with E-state index in [9.17, 15) is 14.9 Å². The summed E-state index contributed by atoms with van der Waals surface area (Å²) < 4.78 is 10.9. The molecule has 1 aliphatic carbocycles. The zero-order valence-corrected chi connectivity index (χ0v) is 22.4. The molecule has 3 rings (SSSR count). The quantitative estimate of drug-likeness (QED) is 0.385. The van der Waals surface area contributed by atoms with Gasteiger partial charge in [0.1, 0.15) is 11.8 Å². The lowest BCUT2D eigenvalue weighted by molar-refractivity contribution is -0.126.